The van der Waals surface area contributed by atoms with Gasteiger partial charge in [-0.25, -0.2) is 0 Å². The Labute approximate surface area is 109 Å². The maximum Gasteiger partial charge on any atom is 0.272 e. The summed E-state index contributed by atoms with van der Waals surface area (Å²) in [5.74, 6) is -0.0690. The molecular formula is C13H22N4O. The molecule has 0 fully saturated rings. The van der Waals surface area contributed by atoms with Gasteiger partial charge in [0.15, 0.2) is 0 Å². The van der Waals surface area contributed by atoms with E-state index in [1.165, 1.54) is 4.90 Å². The van der Waals surface area contributed by atoms with Crippen LogP contribution in [0.2, 0.25) is 0 Å². The molecule has 5 nitrogen and oxygen atoms in total. The number of hydrogen-bond acceptors (Lipinski definition) is 4. The molecule has 1 N–H and O–H groups in total. The first kappa shape index (κ1) is 14.4. The van der Waals surface area contributed by atoms with E-state index >= 15 is 0 Å². The molecule has 0 aromatic carbocycles. The predicted octanol–water partition coefficient (Wildman–Crippen LogP) is 0.829. The average molecular weight is 250 g/mol. The average Bonchev–Trinajstić information content (AvgIpc) is 2.38. The monoisotopic (exact) mass is 250 g/mol. The lowest BCUT2D eigenvalue weighted by atomic mass is 10.2. The first-order valence-electron chi connectivity index (χ1n) is 6.09. The number of rotatable bonds is 6. The molecule has 0 spiro atoms. The van der Waals surface area contributed by atoms with Gasteiger partial charge in [-0.1, -0.05) is 0 Å². The third-order valence-corrected chi connectivity index (χ3v) is 2.73. The Balaban J connectivity index is 2.72. The second-order valence-electron chi connectivity index (χ2n) is 4.48. The van der Waals surface area contributed by atoms with Crippen molar-refractivity contribution in [3.05, 3.63) is 24.0 Å². The van der Waals surface area contributed by atoms with Crippen LogP contribution in [0.1, 0.15) is 16.9 Å². The number of hydrogen-bond donors (Lipinski definition) is 1. The summed E-state index contributed by atoms with van der Waals surface area (Å²) in [5, 5.41) is 3.12. The molecule has 100 valence electrons. The molecular weight excluding hydrogens is 228 g/mol. The van der Waals surface area contributed by atoms with Gasteiger partial charge < -0.3 is 15.1 Å². The van der Waals surface area contributed by atoms with E-state index in [4.69, 9.17) is 0 Å². The Morgan fingerprint density at radius 1 is 1.39 bits per heavy atom. The van der Waals surface area contributed by atoms with Crippen LogP contribution in [0.15, 0.2) is 18.3 Å². The van der Waals surface area contributed by atoms with Crippen molar-refractivity contribution >= 4 is 11.6 Å². The van der Waals surface area contributed by atoms with Crippen molar-refractivity contribution in [1.82, 2.24) is 15.2 Å². The quantitative estimate of drug-likeness (QED) is 0.760. The number of carbonyl (C=O) groups is 1. The van der Waals surface area contributed by atoms with Gasteiger partial charge in [0.25, 0.3) is 5.91 Å². The summed E-state index contributed by atoms with van der Waals surface area (Å²) in [4.78, 5) is 19.6. The van der Waals surface area contributed by atoms with Crippen LogP contribution in [-0.4, -0.2) is 57.1 Å². The molecule has 0 radical (unpaired) electrons. The molecule has 0 bridgehead atoms. The summed E-state index contributed by atoms with van der Waals surface area (Å²) >= 11 is 0. The van der Waals surface area contributed by atoms with E-state index in [-0.39, 0.29) is 5.91 Å². The fourth-order valence-corrected chi connectivity index (χ4v) is 1.62. The Morgan fingerprint density at radius 3 is 2.72 bits per heavy atom. The third kappa shape index (κ3) is 4.00. The highest BCUT2D eigenvalue weighted by atomic mass is 16.2. The molecule has 1 aromatic rings. The predicted molar refractivity (Wildman–Crippen MR) is 74.1 cm³/mol. The molecule has 0 unspecified atom stereocenters. The SMILES string of the molecule is CNCCCN(C)c1ccnc(C(=O)N(C)C)c1. The lowest BCUT2D eigenvalue weighted by molar-refractivity contribution is 0.0822. The van der Waals surface area contributed by atoms with Gasteiger partial charge in [-0.05, 0) is 32.1 Å². The summed E-state index contributed by atoms with van der Waals surface area (Å²) in [5.41, 5.74) is 1.50. The number of pyridine rings is 1. The lowest BCUT2D eigenvalue weighted by Gasteiger charge is -2.20. The molecule has 0 aliphatic heterocycles. The van der Waals surface area contributed by atoms with Crippen LogP contribution < -0.4 is 10.2 Å². The first-order chi connectivity index (χ1) is 8.56. The minimum atomic E-state index is -0.0690. The molecule has 5 heteroatoms. The van der Waals surface area contributed by atoms with Crippen LogP contribution in [0.4, 0.5) is 5.69 Å². The van der Waals surface area contributed by atoms with E-state index in [1.807, 2.05) is 26.2 Å². The van der Waals surface area contributed by atoms with Crippen molar-refractivity contribution < 1.29 is 4.79 Å². The Morgan fingerprint density at radius 2 is 2.11 bits per heavy atom. The zero-order valence-electron chi connectivity index (χ0n) is 11.6. The first-order valence-corrected chi connectivity index (χ1v) is 6.09. The molecule has 0 aliphatic rings. The topological polar surface area (TPSA) is 48.5 Å². The van der Waals surface area contributed by atoms with Crippen LogP contribution in [0.5, 0.6) is 0 Å². The molecule has 1 rings (SSSR count). The zero-order valence-corrected chi connectivity index (χ0v) is 11.6. The molecule has 1 amide bonds. The summed E-state index contributed by atoms with van der Waals surface area (Å²) < 4.78 is 0. The molecule has 0 atom stereocenters. The van der Waals surface area contributed by atoms with Gasteiger partial charge in [-0.2, -0.15) is 0 Å². The van der Waals surface area contributed by atoms with Crippen LogP contribution in [0.3, 0.4) is 0 Å². The van der Waals surface area contributed by atoms with Gasteiger partial charge in [0.1, 0.15) is 5.69 Å². The highest BCUT2D eigenvalue weighted by molar-refractivity contribution is 5.92. The second kappa shape index (κ2) is 6.96. The van der Waals surface area contributed by atoms with E-state index < -0.39 is 0 Å². The van der Waals surface area contributed by atoms with Gasteiger partial charge >= 0.3 is 0 Å². The van der Waals surface area contributed by atoms with E-state index in [9.17, 15) is 4.79 Å². The van der Waals surface area contributed by atoms with Crippen molar-refractivity contribution in [2.75, 3.05) is 46.2 Å². The highest BCUT2D eigenvalue weighted by Crippen LogP contribution is 2.13. The Kier molecular flexibility index (Phi) is 5.58. The smallest absolute Gasteiger partial charge is 0.272 e. The Bertz CT molecular complexity index is 392. The highest BCUT2D eigenvalue weighted by Gasteiger charge is 2.11. The van der Waals surface area contributed by atoms with Crippen molar-refractivity contribution in [3.63, 3.8) is 0 Å². The summed E-state index contributed by atoms with van der Waals surface area (Å²) in [6.07, 6.45) is 2.74. The van der Waals surface area contributed by atoms with Gasteiger partial charge in [-0.15, -0.1) is 0 Å². The summed E-state index contributed by atoms with van der Waals surface area (Å²) in [7, 11) is 7.43. The van der Waals surface area contributed by atoms with Crippen molar-refractivity contribution in [1.29, 1.82) is 0 Å². The molecule has 1 heterocycles. The minimum absolute atomic E-state index is 0.0690. The van der Waals surface area contributed by atoms with Gasteiger partial charge in [0.2, 0.25) is 0 Å². The number of carbonyl (C=O) groups excluding carboxylic acids is 1. The molecule has 0 saturated heterocycles. The number of aromatic nitrogens is 1. The van der Waals surface area contributed by atoms with E-state index in [2.05, 4.69) is 15.2 Å². The normalized spacial score (nSPS) is 10.2. The van der Waals surface area contributed by atoms with Crippen molar-refractivity contribution in [2.45, 2.75) is 6.42 Å². The molecule has 0 aliphatic carbocycles. The third-order valence-electron chi connectivity index (χ3n) is 2.73. The molecule has 0 saturated carbocycles. The summed E-state index contributed by atoms with van der Waals surface area (Å²) in [6, 6.07) is 3.76. The standard InChI is InChI=1S/C13H22N4O/c1-14-7-5-9-17(4)11-6-8-15-12(10-11)13(18)16(2)3/h6,8,10,14H,5,7,9H2,1-4H3. The molecule has 1 aromatic heterocycles. The fraction of sp³-hybridized carbons (Fsp3) is 0.538. The van der Waals surface area contributed by atoms with Crippen LogP contribution in [0.25, 0.3) is 0 Å². The lowest BCUT2D eigenvalue weighted by Crippen LogP contribution is -2.25. The van der Waals surface area contributed by atoms with E-state index in [0.717, 1.165) is 25.2 Å². The van der Waals surface area contributed by atoms with Crippen molar-refractivity contribution in [3.8, 4) is 0 Å². The Hall–Kier alpha value is -1.62. The number of anilines is 1. The minimum Gasteiger partial charge on any atom is -0.374 e. The second-order valence-corrected chi connectivity index (χ2v) is 4.48. The summed E-state index contributed by atoms with van der Waals surface area (Å²) in [6.45, 7) is 1.93. The maximum atomic E-state index is 11.8. The number of nitrogens with one attached hydrogen (secondary N) is 1. The van der Waals surface area contributed by atoms with Crippen LogP contribution in [-0.2, 0) is 0 Å². The fourth-order valence-electron chi connectivity index (χ4n) is 1.62. The maximum absolute atomic E-state index is 11.8. The van der Waals surface area contributed by atoms with Crippen molar-refractivity contribution in [2.24, 2.45) is 0 Å². The zero-order chi connectivity index (χ0) is 13.5. The van der Waals surface area contributed by atoms with E-state index in [1.54, 1.807) is 20.3 Å². The van der Waals surface area contributed by atoms with Crippen LogP contribution in [0, 0.1) is 0 Å². The molecule has 18 heavy (non-hydrogen) atoms. The number of amides is 1. The van der Waals surface area contributed by atoms with Gasteiger partial charge in [0, 0.05) is 39.6 Å². The van der Waals surface area contributed by atoms with Crippen LogP contribution >= 0.6 is 0 Å². The van der Waals surface area contributed by atoms with Gasteiger partial charge in [0.05, 0.1) is 0 Å². The van der Waals surface area contributed by atoms with Gasteiger partial charge in [-0.3, -0.25) is 9.78 Å². The number of nitrogens with zero attached hydrogens (tertiary/aromatic N) is 3. The van der Waals surface area contributed by atoms with E-state index in [0.29, 0.717) is 5.69 Å². The largest absolute Gasteiger partial charge is 0.374 e.